The number of amides is 3. The van der Waals surface area contributed by atoms with Gasteiger partial charge in [0.05, 0.1) is 0 Å². The molecule has 0 bridgehead atoms. The van der Waals surface area contributed by atoms with Crippen LogP contribution in [-0.4, -0.2) is 29.9 Å². The summed E-state index contributed by atoms with van der Waals surface area (Å²) in [6, 6.07) is 11.0. The third kappa shape index (κ3) is 3.49. The van der Waals surface area contributed by atoms with Crippen molar-refractivity contribution in [3.05, 3.63) is 64.9 Å². The van der Waals surface area contributed by atoms with Crippen LogP contribution in [-0.2, 0) is 4.79 Å². The standard InChI is InChI=1S/C17H15ClFN3O2/c18-12-3-7-14(8-4-12)21-17(24)22-10-9-20-16(23)15(22)11-1-5-13(19)6-2-11/h1-8,15H,9-10H2,(H,20,23)(H,21,24). The SMILES string of the molecule is O=C1NCCN(C(=O)Nc2ccc(Cl)cc2)C1c1ccc(F)cc1. The lowest BCUT2D eigenvalue weighted by molar-refractivity contribution is -0.127. The number of rotatable bonds is 2. The molecule has 1 heterocycles. The number of benzene rings is 2. The molecule has 0 aromatic heterocycles. The number of hydrogen-bond donors (Lipinski definition) is 2. The normalized spacial score (nSPS) is 17.3. The van der Waals surface area contributed by atoms with Gasteiger partial charge in [0.2, 0.25) is 5.91 Å². The molecule has 1 fully saturated rings. The maximum atomic E-state index is 13.1. The van der Waals surface area contributed by atoms with Gasteiger partial charge in [-0.3, -0.25) is 4.79 Å². The molecule has 1 unspecified atom stereocenters. The minimum atomic E-state index is -0.799. The molecule has 3 amide bonds. The van der Waals surface area contributed by atoms with E-state index in [1.807, 2.05) is 0 Å². The summed E-state index contributed by atoms with van der Waals surface area (Å²) in [6.07, 6.45) is 0. The van der Waals surface area contributed by atoms with E-state index in [0.29, 0.717) is 29.4 Å². The van der Waals surface area contributed by atoms with Crippen molar-refractivity contribution in [3.63, 3.8) is 0 Å². The van der Waals surface area contributed by atoms with Crippen LogP contribution in [0.1, 0.15) is 11.6 Å². The fourth-order valence-corrected chi connectivity index (χ4v) is 2.72. The van der Waals surface area contributed by atoms with Crippen molar-refractivity contribution in [3.8, 4) is 0 Å². The molecule has 2 aromatic rings. The van der Waals surface area contributed by atoms with E-state index in [1.54, 1.807) is 24.3 Å². The number of anilines is 1. The van der Waals surface area contributed by atoms with Gasteiger partial charge in [0.25, 0.3) is 0 Å². The maximum absolute atomic E-state index is 13.1. The summed E-state index contributed by atoms with van der Waals surface area (Å²) in [4.78, 5) is 26.3. The molecule has 0 radical (unpaired) electrons. The molecule has 3 rings (SSSR count). The predicted octanol–water partition coefficient (Wildman–Crippen LogP) is 3.18. The summed E-state index contributed by atoms with van der Waals surface area (Å²) in [6.45, 7) is 0.720. The number of nitrogens with zero attached hydrogens (tertiary/aromatic N) is 1. The molecule has 5 nitrogen and oxygen atoms in total. The van der Waals surface area contributed by atoms with Gasteiger partial charge >= 0.3 is 6.03 Å². The van der Waals surface area contributed by atoms with Crippen LogP contribution in [0.15, 0.2) is 48.5 Å². The number of carbonyl (C=O) groups excluding carboxylic acids is 2. The summed E-state index contributed by atoms with van der Waals surface area (Å²) in [5.41, 5.74) is 1.13. The number of halogens is 2. The highest BCUT2D eigenvalue weighted by molar-refractivity contribution is 6.30. The van der Waals surface area contributed by atoms with Gasteiger partial charge < -0.3 is 15.5 Å². The molecule has 2 N–H and O–H groups in total. The van der Waals surface area contributed by atoms with Crippen molar-refractivity contribution in [1.82, 2.24) is 10.2 Å². The Morgan fingerprint density at radius 3 is 2.50 bits per heavy atom. The van der Waals surface area contributed by atoms with E-state index in [2.05, 4.69) is 10.6 Å². The Morgan fingerprint density at radius 2 is 1.83 bits per heavy atom. The lowest BCUT2D eigenvalue weighted by Gasteiger charge is -2.35. The average Bonchev–Trinajstić information content (AvgIpc) is 2.58. The van der Waals surface area contributed by atoms with Crippen molar-refractivity contribution in [2.75, 3.05) is 18.4 Å². The van der Waals surface area contributed by atoms with Crippen LogP contribution in [0.5, 0.6) is 0 Å². The van der Waals surface area contributed by atoms with Gasteiger partial charge in [-0.25, -0.2) is 9.18 Å². The molecule has 0 aliphatic carbocycles. The van der Waals surface area contributed by atoms with Gasteiger partial charge in [-0.05, 0) is 42.0 Å². The third-order valence-electron chi connectivity index (χ3n) is 3.75. The minimum absolute atomic E-state index is 0.292. The molecule has 0 saturated carbocycles. The Hall–Kier alpha value is -2.60. The first-order chi connectivity index (χ1) is 11.5. The van der Waals surface area contributed by atoms with Crippen LogP contribution in [0.2, 0.25) is 5.02 Å². The van der Waals surface area contributed by atoms with E-state index in [4.69, 9.17) is 11.6 Å². The highest BCUT2D eigenvalue weighted by Crippen LogP contribution is 2.25. The zero-order chi connectivity index (χ0) is 17.1. The fourth-order valence-electron chi connectivity index (χ4n) is 2.59. The van der Waals surface area contributed by atoms with Crippen molar-refractivity contribution < 1.29 is 14.0 Å². The fraction of sp³-hybridized carbons (Fsp3) is 0.176. The number of nitrogens with one attached hydrogen (secondary N) is 2. The zero-order valence-electron chi connectivity index (χ0n) is 12.6. The van der Waals surface area contributed by atoms with Crippen LogP contribution >= 0.6 is 11.6 Å². The largest absolute Gasteiger partial charge is 0.352 e. The Balaban J connectivity index is 1.82. The second kappa shape index (κ2) is 6.88. The number of hydrogen-bond acceptors (Lipinski definition) is 2. The molecule has 2 aromatic carbocycles. The summed E-state index contributed by atoms with van der Waals surface area (Å²) < 4.78 is 13.1. The summed E-state index contributed by atoms with van der Waals surface area (Å²) >= 11 is 5.83. The van der Waals surface area contributed by atoms with Crippen molar-refractivity contribution in [1.29, 1.82) is 0 Å². The van der Waals surface area contributed by atoms with Crippen LogP contribution in [0.3, 0.4) is 0 Å². The van der Waals surface area contributed by atoms with Gasteiger partial charge in [0.15, 0.2) is 0 Å². The first-order valence-electron chi connectivity index (χ1n) is 7.41. The highest BCUT2D eigenvalue weighted by Gasteiger charge is 2.34. The maximum Gasteiger partial charge on any atom is 0.322 e. The van der Waals surface area contributed by atoms with E-state index in [9.17, 15) is 14.0 Å². The van der Waals surface area contributed by atoms with Crippen molar-refractivity contribution >= 4 is 29.2 Å². The molecule has 0 spiro atoms. The molecule has 1 aliphatic rings. The summed E-state index contributed by atoms with van der Waals surface area (Å²) in [5, 5.41) is 6.04. The van der Waals surface area contributed by atoms with Gasteiger partial charge in [-0.1, -0.05) is 23.7 Å². The lowest BCUT2D eigenvalue weighted by Crippen LogP contribution is -2.53. The smallest absolute Gasteiger partial charge is 0.322 e. The van der Waals surface area contributed by atoms with Gasteiger partial charge in [-0.2, -0.15) is 0 Å². The number of piperazine rings is 1. The lowest BCUT2D eigenvalue weighted by atomic mass is 10.0. The Kier molecular flexibility index (Phi) is 4.66. The van der Waals surface area contributed by atoms with E-state index in [0.717, 1.165) is 0 Å². The molecule has 24 heavy (non-hydrogen) atoms. The molecular formula is C17H15ClFN3O2. The number of urea groups is 1. The molecule has 1 atom stereocenters. The quantitative estimate of drug-likeness (QED) is 0.876. The van der Waals surface area contributed by atoms with Crippen molar-refractivity contribution in [2.45, 2.75) is 6.04 Å². The zero-order valence-corrected chi connectivity index (χ0v) is 13.4. The third-order valence-corrected chi connectivity index (χ3v) is 4.01. The van der Waals surface area contributed by atoms with E-state index >= 15 is 0 Å². The summed E-state index contributed by atoms with van der Waals surface area (Å²) in [5.74, 6) is -0.689. The molecule has 124 valence electrons. The first-order valence-corrected chi connectivity index (χ1v) is 7.79. The molecule has 1 aliphatic heterocycles. The molecule has 7 heteroatoms. The second-order valence-corrected chi connectivity index (χ2v) is 5.81. The minimum Gasteiger partial charge on any atom is -0.352 e. The average molecular weight is 348 g/mol. The topological polar surface area (TPSA) is 61.4 Å². The van der Waals surface area contributed by atoms with E-state index in [1.165, 1.54) is 29.2 Å². The van der Waals surface area contributed by atoms with E-state index in [-0.39, 0.29) is 5.91 Å². The highest BCUT2D eigenvalue weighted by atomic mass is 35.5. The van der Waals surface area contributed by atoms with Crippen LogP contribution in [0.25, 0.3) is 0 Å². The monoisotopic (exact) mass is 347 g/mol. The molecular weight excluding hydrogens is 333 g/mol. The van der Waals surface area contributed by atoms with Gasteiger partial charge in [0.1, 0.15) is 11.9 Å². The van der Waals surface area contributed by atoms with Crippen LogP contribution < -0.4 is 10.6 Å². The van der Waals surface area contributed by atoms with Crippen LogP contribution in [0, 0.1) is 5.82 Å². The van der Waals surface area contributed by atoms with E-state index < -0.39 is 17.9 Å². The molecule has 1 saturated heterocycles. The Morgan fingerprint density at radius 1 is 1.17 bits per heavy atom. The van der Waals surface area contributed by atoms with Crippen molar-refractivity contribution in [2.24, 2.45) is 0 Å². The van der Waals surface area contributed by atoms with Gasteiger partial charge in [-0.15, -0.1) is 0 Å². The van der Waals surface area contributed by atoms with Gasteiger partial charge in [0, 0.05) is 23.8 Å². The first kappa shape index (κ1) is 16.3. The second-order valence-electron chi connectivity index (χ2n) is 5.38. The number of carbonyl (C=O) groups is 2. The predicted molar refractivity (Wildman–Crippen MR) is 89.3 cm³/mol. The summed E-state index contributed by atoms with van der Waals surface area (Å²) in [7, 11) is 0. The van der Waals surface area contributed by atoms with Crippen LogP contribution in [0.4, 0.5) is 14.9 Å². The Bertz CT molecular complexity index is 749. The Labute approximate surface area is 143 Å².